The van der Waals surface area contributed by atoms with Gasteiger partial charge in [-0.25, -0.2) is 0 Å². The molecule has 0 N–H and O–H groups in total. The molecule has 130 valence electrons. The van der Waals surface area contributed by atoms with Crippen LogP contribution in [0, 0.1) is 5.92 Å². The van der Waals surface area contributed by atoms with E-state index < -0.39 is 0 Å². The summed E-state index contributed by atoms with van der Waals surface area (Å²) in [5, 5.41) is 0. The third-order valence-corrected chi connectivity index (χ3v) is 6.75. The number of hydrogen-bond acceptors (Lipinski definition) is 2. The third-order valence-electron chi connectivity index (χ3n) is 6.75. The lowest BCUT2D eigenvalue weighted by Gasteiger charge is -2.54. The van der Waals surface area contributed by atoms with Gasteiger partial charge in [-0.2, -0.15) is 0 Å². The first-order valence-corrected chi connectivity index (χ1v) is 9.50. The van der Waals surface area contributed by atoms with Crippen LogP contribution < -0.4 is 0 Å². The van der Waals surface area contributed by atoms with Crippen molar-refractivity contribution in [3.05, 3.63) is 71.3 Å². The summed E-state index contributed by atoms with van der Waals surface area (Å²) in [6.45, 7) is 6.82. The van der Waals surface area contributed by atoms with Gasteiger partial charge < -0.3 is 0 Å². The Morgan fingerprint density at radius 2 is 1.84 bits per heavy atom. The number of likely N-dealkylation sites (tertiary alicyclic amines) is 1. The van der Waals surface area contributed by atoms with E-state index in [1.807, 2.05) is 30.3 Å². The number of rotatable bonds is 4. The first kappa shape index (κ1) is 16.5. The molecule has 0 radical (unpaired) electrons. The van der Waals surface area contributed by atoms with Gasteiger partial charge >= 0.3 is 0 Å². The van der Waals surface area contributed by atoms with Crippen LogP contribution in [-0.4, -0.2) is 29.8 Å². The fraction of sp³-hybridized carbons (Fsp3) is 0.435. The quantitative estimate of drug-likeness (QED) is 0.769. The molecule has 2 aromatic rings. The Bertz CT molecular complexity index is 769. The number of Topliss-reactive ketones (excluding diaryl/α,β-unsaturated/α-hetero) is 1. The second-order valence-electron chi connectivity index (χ2n) is 7.96. The summed E-state index contributed by atoms with van der Waals surface area (Å²) < 4.78 is 0. The molecule has 1 unspecified atom stereocenters. The molecular weight excluding hydrogens is 306 g/mol. The average molecular weight is 333 g/mol. The molecule has 2 heteroatoms. The number of piperidine rings is 1. The number of hydrogen-bond donors (Lipinski definition) is 0. The Kier molecular flexibility index (Phi) is 4.24. The first-order chi connectivity index (χ1) is 12.1. The number of carbonyl (C=O) groups is 1. The van der Waals surface area contributed by atoms with Crippen LogP contribution >= 0.6 is 0 Å². The predicted octanol–water partition coefficient (Wildman–Crippen LogP) is 4.48. The summed E-state index contributed by atoms with van der Waals surface area (Å²) in [5.41, 5.74) is 4.18. The standard InChI is InChI=1S/C23H27NO/c1-17-21-16-19-10-6-7-11-20(19)23(17,2)13-15-24(21)14-12-22(25)18-8-4-3-5-9-18/h3-11,17,21H,12-16H2,1-2H3/t17-,21?,23-/m0/s1. The normalized spacial score (nSPS) is 28.4. The molecule has 0 saturated carbocycles. The molecule has 2 aliphatic rings. The molecule has 1 aliphatic carbocycles. The maximum absolute atomic E-state index is 12.5. The lowest BCUT2D eigenvalue weighted by molar-refractivity contribution is 0.0307. The second-order valence-corrected chi connectivity index (χ2v) is 7.96. The number of nitrogens with zero attached hydrogens (tertiary/aromatic N) is 1. The molecule has 25 heavy (non-hydrogen) atoms. The van der Waals surface area contributed by atoms with Gasteiger partial charge in [-0.15, -0.1) is 0 Å². The van der Waals surface area contributed by atoms with Crippen LogP contribution in [0.15, 0.2) is 54.6 Å². The minimum Gasteiger partial charge on any atom is -0.299 e. The van der Waals surface area contributed by atoms with Crippen molar-refractivity contribution < 1.29 is 4.79 Å². The zero-order valence-electron chi connectivity index (χ0n) is 15.2. The molecule has 3 atom stereocenters. The van der Waals surface area contributed by atoms with E-state index in [4.69, 9.17) is 0 Å². The van der Waals surface area contributed by atoms with Crippen LogP contribution in [0.5, 0.6) is 0 Å². The van der Waals surface area contributed by atoms with Gasteiger partial charge in [-0.1, -0.05) is 68.4 Å². The maximum Gasteiger partial charge on any atom is 0.164 e. The van der Waals surface area contributed by atoms with E-state index >= 15 is 0 Å². The fourth-order valence-electron chi connectivity index (χ4n) is 4.97. The fourth-order valence-corrected chi connectivity index (χ4v) is 4.97. The highest BCUT2D eigenvalue weighted by Gasteiger charge is 2.47. The SMILES string of the molecule is C[C@H]1C2Cc3ccccc3[C@@]1(C)CCN2CCC(=O)c1ccccc1. The largest absolute Gasteiger partial charge is 0.299 e. The molecule has 2 nitrogen and oxygen atoms in total. The van der Waals surface area contributed by atoms with E-state index in [1.54, 1.807) is 5.56 Å². The molecular formula is C23H27NO. The minimum atomic E-state index is 0.262. The topological polar surface area (TPSA) is 20.3 Å². The maximum atomic E-state index is 12.5. The van der Waals surface area contributed by atoms with Gasteiger partial charge in [0.25, 0.3) is 0 Å². The molecule has 0 aromatic heterocycles. The van der Waals surface area contributed by atoms with Crippen molar-refractivity contribution in [2.45, 2.75) is 44.6 Å². The molecule has 2 aromatic carbocycles. The van der Waals surface area contributed by atoms with E-state index in [1.165, 1.54) is 12.0 Å². The highest BCUT2D eigenvalue weighted by Crippen LogP contribution is 2.48. The molecule has 1 saturated heterocycles. The second kappa shape index (κ2) is 6.42. The van der Waals surface area contributed by atoms with Crippen LogP contribution in [0.2, 0.25) is 0 Å². The Hall–Kier alpha value is -1.93. The smallest absolute Gasteiger partial charge is 0.164 e. The molecule has 0 spiro atoms. The molecule has 2 bridgehead atoms. The molecule has 4 rings (SSSR count). The van der Waals surface area contributed by atoms with E-state index in [2.05, 4.69) is 43.0 Å². The van der Waals surface area contributed by atoms with Crippen LogP contribution in [0.4, 0.5) is 0 Å². The number of carbonyl (C=O) groups excluding carboxylic acids is 1. The summed E-state index contributed by atoms with van der Waals surface area (Å²) in [6, 6.07) is 19.2. The van der Waals surface area contributed by atoms with Crippen molar-refractivity contribution in [2.24, 2.45) is 5.92 Å². The molecule has 1 aliphatic heterocycles. The Balaban J connectivity index is 1.50. The highest BCUT2D eigenvalue weighted by molar-refractivity contribution is 5.96. The lowest BCUT2D eigenvalue weighted by atomic mass is 9.59. The van der Waals surface area contributed by atoms with Crippen LogP contribution in [0.25, 0.3) is 0 Å². The summed E-state index contributed by atoms with van der Waals surface area (Å²) >= 11 is 0. The summed E-state index contributed by atoms with van der Waals surface area (Å²) in [7, 11) is 0. The number of fused-ring (bicyclic) bond motifs is 4. The Morgan fingerprint density at radius 3 is 2.64 bits per heavy atom. The first-order valence-electron chi connectivity index (χ1n) is 9.50. The highest BCUT2D eigenvalue weighted by atomic mass is 16.1. The van der Waals surface area contributed by atoms with Gasteiger partial charge in [0.2, 0.25) is 0 Å². The van der Waals surface area contributed by atoms with E-state index in [0.717, 1.165) is 25.1 Å². The van der Waals surface area contributed by atoms with Gasteiger partial charge in [0.15, 0.2) is 5.78 Å². The minimum absolute atomic E-state index is 0.262. The van der Waals surface area contributed by atoms with Crippen molar-refractivity contribution in [3.8, 4) is 0 Å². The van der Waals surface area contributed by atoms with Gasteiger partial charge in [-0.3, -0.25) is 9.69 Å². The molecule has 1 fully saturated rings. The average Bonchev–Trinajstić information content (AvgIpc) is 2.64. The predicted molar refractivity (Wildman–Crippen MR) is 102 cm³/mol. The summed E-state index contributed by atoms with van der Waals surface area (Å²) in [6.07, 6.45) is 2.92. The third kappa shape index (κ3) is 2.83. The number of ketones is 1. The van der Waals surface area contributed by atoms with Crippen LogP contribution in [0.3, 0.4) is 0 Å². The van der Waals surface area contributed by atoms with E-state index in [9.17, 15) is 4.79 Å². The van der Waals surface area contributed by atoms with Crippen LogP contribution in [0.1, 0.15) is 48.2 Å². The van der Waals surface area contributed by atoms with Gasteiger partial charge in [0.1, 0.15) is 0 Å². The van der Waals surface area contributed by atoms with Crippen molar-refractivity contribution >= 4 is 5.78 Å². The Morgan fingerprint density at radius 1 is 1.12 bits per heavy atom. The van der Waals surface area contributed by atoms with Crippen molar-refractivity contribution in [1.29, 1.82) is 0 Å². The van der Waals surface area contributed by atoms with Crippen molar-refractivity contribution in [3.63, 3.8) is 0 Å². The van der Waals surface area contributed by atoms with Crippen LogP contribution in [-0.2, 0) is 11.8 Å². The molecule has 1 heterocycles. The molecule has 0 amide bonds. The van der Waals surface area contributed by atoms with E-state index in [-0.39, 0.29) is 11.2 Å². The zero-order valence-corrected chi connectivity index (χ0v) is 15.2. The van der Waals surface area contributed by atoms with Crippen molar-refractivity contribution in [2.75, 3.05) is 13.1 Å². The van der Waals surface area contributed by atoms with Crippen molar-refractivity contribution in [1.82, 2.24) is 4.90 Å². The van der Waals surface area contributed by atoms with Gasteiger partial charge in [-0.05, 0) is 41.8 Å². The summed E-state index contributed by atoms with van der Waals surface area (Å²) in [4.78, 5) is 15.0. The van der Waals surface area contributed by atoms with Gasteiger partial charge in [0, 0.05) is 24.6 Å². The van der Waals surface area contributed by atoms with Gasteiger partial charge in [0.05, 0.1) is 0 Å². The zero-order chi connectivity index (χ0) is 17.4. The number of benzene rings is 2. The van der Waals surface area contributed by atoms with E-state index in [0.29, 0.717) is 18.4 Å². The Labute approximate surface area is 150 Å². The lowest BCUT2D eigenvalue weighted by Crippen LogP contribution is -2.58. The summed E-state index contributed by atoms with van der Waals surface area (Å²) in [5.74, 6) is 0.890. The monoisotopic (exact) mass is 333 g/mol.